The molecule has 0 radical (unpaired) electrons. The van der Waals surface area contributed by atoms with Crippen molar-refractivity contribution in [2.45, 2.75) is 51.5 Å². The summed E-state index contributed by atoms with van der Waals surface area (Å²) in [6, 6.07) is 31.5. The molecular weight excluding hydrogens is 466 g/mol. The normalized spacial score (nSPS) is 14.7. The Morgan fingerprint density at radius 1 is 0.868 bits per heavy atom. The fraction of sp³-hybridized carbons (Fsp3) is 0.294. The number of hydrogen-bond donors (Lipinski definition) is 0. The van der Waals surface area contributed by atoms with Crippen LogP contribution in [0.25, 0.3) is 11.3 Å². The van der Waals surface area contributed by atoms with Gasteiger partial charge in [-0.1, -0.05) is 74.5 Å². The van der Waals surface area contributed by atoms with E-state index < -0.39 is 0 Å². The summed E-state index contributed by atoms with van der Waals surface area (Å²) < 4.78 is 0. The minimum absolute atomic E-state index is 0.123. The predicted molar refractivity (Wildman–Crippen MR) is 158 cm³/mol. The lowest BCUT2D eigenvalue weighted by Crippen LogP contribution is -2.36. The van der Waals surface area contributed by atoms with Crippen LogP contribution in [0.15, 0.2) is 91.0 Å². The molecule has 194 valence electrons. The largest absolute Gasteiger partial charge is 0.378 e. The number of aryl methyl sites for hydroxylation is 1. The molecule has 4 aromatic rings. The molecule has 38 heavy (non-hydrogen) atoms. The fourth-order valence-corrected chi connectivity index (χ4v) is 5.27. The van der Waals surface area contributed by atoms with Crippen LogP contribution in [0.4, 0.5) is 11.4 Å². The summed E-state index contributed by atoms with van der Waals surface area (Å²) in [5.41, 5.74) is 8.60. The van der Waals surface area contributed by atoms with Gasteiger partial charge in [-0.05, 0) is 72.2 Å². The van der Waals surface area contributed by atoms with Crippen LogP contribution < -0.4 is 9.80 Å². The van der Waals surface area contributed by atoms with Crippen molar-refractivity contribution in [1.29, 1.82) is 0 Å². The summed E-state index contributed by atoms with van der Waals surface area (Å²) in [5.74, 6) is 0.309. The van der Waals surface area contributed by atoms with Crippen LogP contribution in [0.2, 0.25) is 0 Å². The van der Waals surface area contributed by atoms with Crippen LogP contribution in [-0.2, 0) is 17.8 Å². The van der Waals surface area contributed by atoms with Gasteiger partial charge in [0.15, 0.2) is 0 Å². The first-order valence-electron chi connectivity index (χ1n) is 13.6. The van der Waals surface area contributed by atoms with Crippen molar-refractivity contribution in [3.8, 4) is 11.3 Å². The number of carbonyl (C=O) groups excluding carboxylic acids is 1. The lowest BCUT2D eigenvalue weighted by atomic mass is 9.85. The number of nitrogens with zero attached hydrogens (tertiary/aromatic N) is 3. The Kier molecular flexibility index (Phi) is 7.59. The first-order valence-corrected chi connectivity index (χ1v) is 13.6. The third-order valence-corrected chi connectivity index (χ3v) is 7.58. The molecule has 1 aliphatic carbocycles. The molecule has 1 amide bonds. The highest BCUT2D eigenvalue weighted by molar-refractivity contribution is 5.98. The monoisotopic (exact) mass is 503 g/mol. The molecule has 0 fully saturated rings. The minimum Gasteiger partial charge on any atom is -0.378 e. The molecule has 0 saturated carbocycles. The Morgan fingerprint density at radius 2 is 1.55 bits per heavy atom. The number of anilines is 2. The Balaban J connectivity index is 1.51. The second-order valence-corrected chi connectivity index (χ2v) is 10.8. The molecule has 5 rings (SSSR count). The zero-order valence-electron chi connectivity index (χ0n) is 22.9. The molecule has 1 atom stereocenters. The van der Waals surface area contributed by atoms with Crippen molar-refractivity contribution in [3.05, 3.63) is 113 Å². The molecular formula is C34H37N3O. The lowest BCUT2D eigenvalue weighted by molar-refractivity contribution is -0.120. The number of aromatic nitrogens is 1. The van der Waals surface area contributed by atoms with Crippen LogP contribution in [0.1, 0.15) is 60.9 Å². The second kappa shape index (κ2) is 11.2. The summed E-state index contributed by atoms with van der Waals surface area (Å²) in [7, 11) is 4.08. The predicted octanol–water partition coefficient (Wildman–Crippen LogP) is 7.59. The van der Waals surface area contributed by atoms with Gasteiger partial charge in [-0.25, -0.2) is 0 Å². The van der Waals surface area contributed by atoms with Crippen molar-refractivity contribution >= 4 is 17.3 Å². The molecule has 4 heteroatoms. The number of pyridine rings is 1. The number of hydrogen-bond acceptors (Lipinski definition) is 3. The van der Waals surface area contributed by atoms with E-state index in [4.69, 9.17) is 4.98 Å². The third-order valence-electron chi connectivity index (χ3n) is 7.58. The number of amides is 1. The Morgan fingerprint density at radius 3 is 2.21 bits per heavy atom. The van der Waals surface area contributed by atoms with E-state index in [0.717, 1.165) is 53.2 Å². The van der Waals surface area contributed by atoms with E-state index in [1.165, 1.54) is 11.1 Å². The molecule has 1 aromatic heterocycles. The average molecular weight is 504 g/mol. The van der Waals surface area contributed by atoms with Gasteiger partial charge in [0.2, 0.25) is 5.91 Å². The second-order valence-electron chi connectivity index (χ2n) is 10.8. The zero-order valence-corrected chi connectivity index (χ0v) is 22.9. The summed E-state index contributed by atoms with van der Waals surface area (Å²) in [5, 5.41) is 0. The van der Waals surface area contributed by atoms with Gasteiger partial charge in [0, 0.05) is 31.0 Å². The minimum atomic E-state index is -0.256. The van der Waals surface area contributed by atoms with Crippen molar-refractivity contribution in [2.75, 3.05) is 23.9 Å². The van der Waals surface area contributed by atoms with E-state index in [-0.39, 0.29) is 11.8 Å². The van der Waals surface area contributed by atoms with E-state index in [1.54, 1.807) is 0 Å². The maximum absolute atomic E-state index is 14.4. The van der Waals surface area contributed by atoms with Crippen molar-refractivity contribution in [3.63, 3.8) is 0 Å². The smallest absolute Gasteiger partial charge is 0.236 e. The van der Waals surface area contributed by atoms with E-state index in [9.17, 15) is 4.79 Å². The number of fused-ring (bicyclic) bond motifs is 1. The van der Waals surface area contributed by atoms with Gasteiger partial charge >= 0.3 is 0 Å². The topological polar surface area (TPSA) is 36.4 Å². The van der Waals surface area contributed by atoms with Gasteiger partial charge in [-0.3, -0.25) is 9.78 Å². The van der Waals surface area contributed by atoms with Gasteiger partial charge in [0.05, 0.1) is 23.9 Å². The summed E-state index contributed by atoms with van der Waals surface area (Å²) in [6.07, 6.45) is 2.78. The number of benzene rings is 3. The van der Waals surface area contributed by atoms with Crippen LogP contribution in [0.3, 0.4) is 0 Å². The number of rotatable bonds is 7. The molecule has 1 unspecified atom stereocenters. The van der Waals surface area contributed by atoms with Crippen LogP contribution >= 0.6 is 0 Å². The van der Waals surface area contributed by atoms with Crippen LogP contribution in [-0.4, -0.2) is 25.0 Å². The van der Waals surface area contributed by atoms with Crippen molar-refractivity contribution < 1.29 is 4.79 Å². The maximum Gasteiger partial charge on any atom is 0.236 e. The van der Waals surface area contributed by atoms with E-state index >= 15 is 0 Å². The molecule has 0 N–H and O–H groups in total. The van der Waals surface area contributed by atoms with Crippen molar-refractivity contribution in [1.82, 2.24) is 4.98 Å². The van der Waals surface area contributed by atoms with Crippen LogP contribution in [0.5, 0.6) is 0 Å². The van der Waals surface area contributed by atoms with E-state index in [0.29, 0.717) is 12.5 Å². The quantitative estimate of drug-likeness (QED) is 0.261. The molecule has 1 aliphatic rings. The molecule has 1 heterocycles. The average Bonchev–Trinajstić information content (AvgIpc) is 2.95. The van der Waals surface area contributed by atoms with E-state index in [1.807, 2.05) is 37.2 Å². The summed E-state index contributed by atoms with van der Waals surface area (Å²) in [4.78, 5) is 23.5. The standard InChI is InChI=1S/C34H37N3O/c1-24(2)26-15-20-30(21-16-26)37(23-25-13-18-29(19-14-25)36(3)4)34(38)31-12-8-11-28-17-22-32(35-33(28)31)27-9-6-5-7-10-27/h5-7,9-10,13-22,24,31H,8,11-12,23H2,1-4H3. The van der Waals surface area contributed by atoms with Gasteiger partial charge < -0.3 is 9.80 Å². The van der Waals surface area contributed by atoms with Gasteiger partial charge in [-0.2, -0.15) is 0 Å². The van der Waals surface area contributed by atoms with Crippen molar-refractivity contribution in [2.24, 2.45) is 0 Å². The summed E-state index contributed by atoms with van der Waals surface area (Å²) >= 11 is 0. The molecule has 0 bridgehead atoms. The zero-order chi connectivity index (χ0) is 26.6. The molecule has 0 spiro atoms. The lowest BCUT2D eigenvalue weighted by Gasteiger charge is -2.31. The Bertz CT molecular complexity index is 1380. The first kappa shape index (κ1) is 25.7. The maximum atomic E-state index is 14.4. The fourth-order valence-electron chi connectivity index (χ4n) is 5.27. The Hall–Kier alpha value is -3.92. The molecule has 0 saturated heterocycles. The van der Waals surface area contributed by atoms with Gasteiger partial charge in [-0.15, -0.1) is 0 Å². The summed E-state index contributed by atoms with van der Waals surface area (Å²) in [6.45, 7) is 4.91. The molecule has 3 aromatic carbocycles. The SMILES string of the molecule is CC(C)c1ccc(N(Cc2ccc(N(C)C)cc2)C(=O)C2CCCc3ccc(-c4ccccc4)nc32)cc1. The van der Waals surface area contributed by atoms with E-state index in [2.05, 4.69) is 91.5 Å². The third kappa shape index (κ3) is 5.50. The number of carbonyl (C=O) groups is 1. The highest BCUT2D eigenvalue weighted by atomic mass is 16.2. The van der Waals surface area contributed by atoms with Gasteiger partial charge in [0.1, 0.15) is 0 Å². The molecule has 0 aliphatic heterocycles. The highest BCUT2D eigenvalue weighted by Crippen LogP contribution is 2.35. The van der Waals surface area contributed by atoms with Crippen LogP contribution in [0, 0.1) is 0 Å². The van der Waals surface area contributed by atoms with Gasteiger partial charge in [0.25, 0.3) is 0 Å². The molecule has 4 nitrogen and oxygen atoms in total. The first-order chi connectivity index (χ1) is 18.4. The highest BCUT2D eigenvalue weighted by Gasteiger charge is 2.32. The Labute approximate surface area is 227 Å².